The highest BCUT2D eigenvalue weighted by molar-refractivity contribution is 5.84. The number of benzene rings is 4. The van der Waals surface area contributed by atoms with Crippen LogP contribution in [-0.2, 0) is 24.2 Å². The van der Waals surface area contributed by atoms with Gasteiger partial charge in [-0.2, -0.15) is 0 Å². The minimum atomic E-state index is -0.931. The van der Waals surface area contributed by atoms with Gasteiger partial charge in [-0.25, -0.2) is 17.6 Å². The molecule has 0 aromatic heterocycles. The summed E-state index contributed by atoms with van der Waals surface area (Å²) >= 11 is 0. The topological polar surface area (TPSA) is 9.23 Å². The highest BCUT2D eigenvalue weighted by atomic mass is 19.2. The Morgan fingerprint density at radius 2 is 1.36 bits per heavy atom. The lowest BCUT2D eigenvalue weighted by Gasteiger charge is -2.07. The van der Waals surface area contributed by atoms with Gasteiger partial charge in [-0.1, -0.05) is 36.1 Å². The third-order valence-corrected chi connectivity index (χ3v) is 5.37. The molecule has 0 heterocycles. The van der Waals surface area contributed by atoms with E-state index in [1.165, 1.54) is 12.1 Å². The average molecular weight is 448 g/mol. The molecule has 1 nitrogen and oxygen atoms in total. The van der Waals surface area contributed by atoms with E-state index in [0.29, 0.717) is 41.3 Å². The Labute approximate surface area is 189 Å². The molecule has 0 aliphatic rings. The van der Waals surface area contributed by atoms with Gasteiger partial charge in [-0.05, 0) is 82.8 Å². The largest absolute Gasteiger partial charge is 0.380 e. The van der Waals surface area contributed by atoms with E-state index in [4.69, 9.17) is 4.74 Å². The van der Waals surface area contributed by atoms with Crippen LogP contribution in [0, 0.1) is 35.1 Å². The molecule has 0 fully saturated rings. The van der Waals surface area contributed by atoms with Crippen molar-refractivity contribution < 1.29 is 22.3 Å². The number of hydrogen-bond acceptors (Lipinski definition) is 1. The summed E-state index contributed by atoms with van der Waals surface area (Å²) in [5.41, 5.74) is 2.84. The second kappa shape index (κ2) is 9.89. The molecule has 4 rings (SSSR count). The van der Waals surface area contributed by atoms with Crippen molar-refractivity contribution in [3.63, 3.8) is 0 Å². The SMILES string of the molecule is COCc1ccc(CCc2ccc(C#Cc3ccc4cc(F)c(F)cc4c3)c(F)c2)c(F)c1. The molecule has 0 saturated heterocycles. The molecule has 166 valence electrons. The fourth-order valence-corrected chi connectivity index (χ4v) is 3.60. The van der Waals surface area contributed by atoms with Crippen molar-refractivity contribution in [1.29, 1.82) is 0 Å². The number of hydrogen-bond donors (Lipinski definition) is 0. The van der Waals surface area contributed by atoms with Crippen molar-refractivity contribution >= 4 is 10.8 Å². The van der Waals surface area contributed by atoms with E-state index in [1.807, 2.05) is 6.07 Å². The number of fused-ring (bicyclic) bond motifs is 1. The van der Waals surface area contributed by atoms with Crippen LogP contribution in [0.4, 0.5) is 17.6 Å². The smallest absolute Gasteiger partial charge is 0.159 e. The van der Waals surface area contributed by atoms with Crippen LogP contribution in [0.3, 0.4) is 0 Å². The van der Waals surface area contributed by atoms with Gasteiger partial charge in [0.05, 0.1) is 12.2 Å². The van der Waals surface area contributed by atoms with Crippen molar-refractivity contribution in [3.8, 4) is 11.8 Å². The quantitative estimate of drug-likeness (QED) is 0.243. The van der Waals surface area contributed by atoms with Gasteiger partial charge in [0.2, 0.25) is 0 Å². The zero-order valence-corrected chi connectivity index (χ0v) is 17.9. The molecule has 0 amide bonds. The Bertz CT molecular complexity index is 1380. The first-order valence-corrected chi connectivity index (χ1v) is 10.4. The third-order valence-electron chi connectivity index (χ3n) is 5.37. The van der Waals surface area contributed by atoms with E-state index in [1.54, 1.807) is 43.5 Å². The number of rotatable bonds is 5. The summed E-state index contributed by atoms with van der Waals surface area (Å²) in [4.78, 5) is 0. The molecule has 0 N–H and O–H groups in total. The summed E-state index contributed by atoms with van der Waals surface area (Å²) in [6.45, 7) is 0.347. The molecule has 0 atom stereocenters. The van der Waals surface area contributed by atoms with Gasteiger partial charge >= 0.3 is 0 Å². The molecule has 4 aromatic carbocycles. The zero-order chi connectivity index (χ0) is 23.4. The minimum Gasteiger partial charge on any atom is -0.380 e. The molecular formula is C28H20F4O. The maximum absolute atomic E-state index is 14.6. The second-order valence-electron chi connectivity index (χ2n) is 7.75. The maximum Gasteiger partial charge on any atom is 0.159 e. The van der Waals surface area contributed by atoms with Crippen LogP contribution < -0.4 is 0 Å². The summed E-state index contributed by atoms with van der Waals surface area (Å²) in [7, 11) is 1.56. The summed E-state index contributed by atoms with van der Waals surface area (Å²) in [5, 5.41) is 1.07. The van der Waals surface area contributed by atoms with Crippen molar-refractivity contribution in [2.75, 3.05) is 7.11 Å². The second-order valence-corrected chi connectivity index (χ2v) is 7.75. The summed E-state index contributed by atoms with van der Waals surface area (Å²) < 4.78 is 60.6. The van der Waals surface area contributed by atoms with Gasteiger partial charge in [0.1, 0.15) is 11.6 Å². The van der Waals surface area contributed by atoms with Crippen molar-refractivity contribution in [3.05, 3.63) is 118 Å². The summed E-state index contributed by atoms with van der Waals surface area (Å²) in [5.74, 6) is 3.04. The highest BCUT2D eigenvalue weighted by Gasteiger charge is 2.07. The van der Waals surface area contributed by atoms with Gasteiger partial charge in [0.15, 0.2) is 11.6 Å². The predicted octanol–water partition coefficient (Wildman–Crippen LogP) is 6.73. The van der Waals surface area contributed by atoms with E-state index in [-0.39, 0.29) is 11.4 Å². The van der Waals surface area contributed by atoms with Crippen LogP contribution in [-0.4, -0.2) is 7.11 Å². The molecule has 5 heteroatoms. The highest BCUT2D eigenvalue weighted by Crippen LogP contribution is 2.20. The van der Waals surface area contributed by atoms with E-state index in [0.717, 1.165) is 23.3 Å². The first kappa shape index (κ1) is 22.6. The first-order valence-electron chi connectivity index (χ1n) is 10.4. The van der Waals surface area contributed by atoms with Crippen LogP contribution in [0.1, 0.15) is 27.8 Å². The van der Waals surface area contributed by atoms with Gasteiger partial charge in [-0.15, -0.1) is 0 Å². The monoisotopic (exact) mass is 448 g/mol. The van der Waals surface area contributed by atoms with Gasteiger partial charge in [0, 0.05) is 12.7 Å². The molecule has 33 heavy (non-hydrogen) atoms. The van der Waals surface area contributed by atoms with Gasteiger partial charge < -0.3 is 4.74 Å². The fraction of sp³-hybridized carbons (Fsp3) is 0.143. The maximum atomic E-state index is 14.6. The predicted molar refractivity (Wildman–Crippen MR) is 121 cm³/mol. The van der Waals surface area contributed by atoms with Crippen LogP contribution in [0.25, 0.3) is 10.8 Å². The van der Waals surface area contributed by atoms with E-state index < -0.39 is 17.5 Å². The summed E-state index contributed by atoms with van der Waals surface area (Å²) in [6, 6.07) is 16.9. The van der Waals surface area contributed by atoms with Crippen LogP contribution in [0.15, 0.2) is 66.7 Å². The molecule has 0 spiro atoms. The van der Waals surface area contributed by atoms with Gasteiger partial charge in [0.25, 0.3) is 0 Å². The molecule has 0 unspecified atom stereocenters. The summed E-state index contributed by atoms with van der Waals surface area (Å²) in [6.07, 6.45) is 0.926. The standard InChI is InChI=1S/C28H20F4O/c1-33-17-20-6-10-22(26(30)14-20)9-4-19-3-8-21(25(29)13-19)7-2-18-5-11-23-15-27(31)28(32)16-24(23)12-18/h3,5-6,8,10-16H,4,9,17H2,1H3. The number of aryl methyl sites for hydroxylation is 2. The lowest BCUT2D eigenvalue weighted by atomic mass is 10.0. The van der Waals surface area contributed by atoms with Crippen LogP contribution in [0.2, 0.25) is 0 Å². The first-order chi connectivity index (χ1) is 15.9. The van der Waals surface area contributed by atoms with Crippen molar-refractivity contribution in [1.82, 2.24) is 0 Å². The molecule has 0 saturated carbocycles. The Hall–Kier alpha value is -3.62. The Morgan fingerprint density at radius 1 is 0.636 bits per heavy atom. The molecule has 0 aliphatic heterocycles. The zero-order valence-electron chi connectivity index (χ0n) is 17.9. The number of halogens is 4. The van der Waals surface area contributed by atoms with Crippen LogP contribution in [0.5, 0.6) is 0 Å². The number of ether oxygens (including phenoxy) is 1. The molecule has 0 aliphatic carbocycles. The van der Waals surface area contributed by atoms with Gasteiger partial charge in [-0.3, -0.25) is 0 Å². The third kappa shape index (κ3) is 5.42. The molecule has 0 bridgehead atoms. The van der Waals surface area contributed by atoms with E-state index >= 15 is 0 Å². The van der Waals surface area contributed by atoms with Crippen LogP contribution >= 0.6 is 0 Å². The van der Waals surface area contributed by atoms with E-state index in [2.05, 4.69) is 11.8 Å². The Kier molecular flexibility index (Phi) is 6.76. The number of methoxy groups -OCH3 is 1. The normalized spacial score (nSPS) is 10.8. The van der Waals surface area contributed by atoms with Crippen molar-refractivity contribution in [2.45, 2.75) is 19.4 Å². The van der Waals surface area contributed by atoms with Crippen molar-refractivity contribution in [2.24, 2.45) is 0 Å². The Balaban J connectivity index is 1.47. The van der Waals surface area contributed by atoms with E-state index in [9.17, 15) is 17.6 Å². The molecular weight excluding hydrogens is 428 g/mol. The minimum absolute atomic E-state index is 0.222. The lowest BCUT2D eigenvalue weighted by molar-refractivity contribution is 0.184. The molecule has 4 aromatic rings. The molecule has 0 radical (unpaired) electrons. The Morgan fingerprint density at radius 3 is 2.09 bits per heavy atom. The fourth-order valence-electron chi connectivity index (χ4n) is 3.60. The average Bonchev–Trinajstić information content (AvgIpc) is 2.79. The lowest BCUT2D eigenvalue weighted by Crippen LogP contribution is -1.98.